The maximum atomic E-state index is 4.34. The van der Waals surface area contributed by atoms with E-state index in [1.165, 1.54) is 10.6 Å². The maximum Gasteiger partial charge on any atom is 0.194 e. The SMILES string of the molecule is CN=C(NCc1cccn1C)N(C)Cc1ccc(Br)s1.I. The van der Waals surface area contributed by atoms with Gasteiger partial charge >= 0.3 is 0 Å². The fourth-order valence-corrected chi connectivity index (χ4v) is 3.52. The molecular formula is C14H20BrIN4S. The minimum Gasteiger partial charge on any atom is -0.353 e. The van der Waals surface area contributed by atoms with E-state index >= 15 is 0 Å². The van der Waals surface area contributed by atoms with E-state index in [1.807, 2.05) is 33.4 Å². The van der Waals surface area contributed by atoms with E-state index in [0.717, 1.165) is 22.8 Å². The zero-order valence-corrected chi connectivity index (χ0v) is 17.1. The summed E-state index contributed by atoms with van der Waals surface area (Å²) in [5, 5.41) is 3.39. The predicted octanol–water partition coefficient (Wildman–Crippen LogP) is 3.67. The lowest BCUT2D eigenvalue weighted by molar-refractivity contribution is 0.480. The van der Waals surface area contributed by atoms with Gasteiger partial charge in [0.1, 0.15) is 0 Å². The van der Waals surface area contributed by atoms with Crippen LogP contribution in [0.15, 0.2) is 39.2 Å². The molecule has 0 aliphatic rings. The van der Waals surface area contributed by atoms with Crippen molar-refractivity contribution in [2.24, 2.45) is 12.0 Å². The average molecular weight is 483 g/mol. The maximum absolute atomic E-state index is 4.34. The minimum absolute atomic E-state index is 0. The van der Waals surface area contributed by atoms with Crippen LogP contribution < -0.4 is 5.32 Å². The van der Waals surface area contributed by atoms with Gasteiger partial charge in [-0.25, -0.2) is 0 Å². The molecular weight excluding hydrogens is 463 g/mol. The summed E-state index contributed by atoms with van der Waals surface area (Å²) in [6.07, 6.45) is 2.05. The molecule has 0 aliphatic carbocycles. The fraction of sp³-hybridized carbons (Fsp3) is 0.357. The first-order valence-corrected chi connectivity index (χ1v) is 7.97. The van der Waals surface area contributed by atoms with Crippen molar-refractivity contribution in [3.8, 4) is 0 Å². The number of halogens is 2. The lowest BCUT2D eigenvalue weighted by Gasteiger charge is -2.21. The summed E-state index contributed by atoms with van der Waals surface area (Å²) in [7, 11) is 5.91. The van der Waals surface area contributed by atoms with Crippen molar-refractivity contribution in [2.75, 3.05) is 14.1 Å². The number of nitrogens with one attached hydrogen (secondary N) is 1. The molecule has 2 aromatic heterocycles. The molecule has 116 valence electrons. The van der Waals surface area contributed by atoms with E-state index < -0.39 is 0 Å². The highest BCUT2D eigenvalue weighted by Crippen LogP contribution is 2.22. The Bertz CT molecular complexity index is 593. The van der Waals surface area contributed by atoms with Crippen LogP contribution in [-0.2, 0) is 20.1 Å². The number of hydrogen-bond acceptors (Lipinski definition) is 2. The van der Waals surface area contributed by atoms with E-state index in [1.54, 1.807) is 11.3 Å². The van der Waals surface area contributed by atoms with Crippen molar-refractivity contribution in [3.05, 3.63) is 44.8 Å². The van der Waals surface area contributed by atoms with Crippen LogP contribution >= 0.6 is 51.2 Å². The predicted molar refractivity (Wildman–Crippen MR) is 105 cm³/mol. The van der Waals surface area contributed by atoms with Crippen LogP contribution in [0.5, 0.6) is 0 Å². The van der Waals surface area contributed by atoms with Crippen LogP contribution in [0.25, 0.3) is 0 Å². The van der Waals surface area contributed by atoms with Crippen LogP contribution in [0.2, 0.25) is 0 Å². The van der Waals surface area contributed by atoms with E-state index in [4.69, 9.17) is 0 Å². The number of aryl methyl sites for hydroxylation is 1. The quantitative estimate of drug-likeness (QED) is 0.409. The van der Waals surface area contributed by atoms with Gasteiger partial charge in [0.15, 0.2) is 5.96 Å². The third-order valence-corrected chi connectivity index (χ3v) is 4.68. The van der Waals surface area contributed by atoms with Gasteiger partial charge in [-0.3, -0.25) is 4.99 Å². The Hall–Kier alpha value is -0.540. The Kier molecular flexibility index (Phi) is 7.75. The molecule has 0 spiro atoms. The lowest BCUT2D eigenvalue weighted by Crippen LogP contribution is -2.38. The first-order valence-electron chi connectivity index (χ1n) is 6.36. The van der Waals surface area contributed by atoms with E-state index in [9.17, 15) is 0 Å². The standard InChI is InChI=1S/C14H19BrN4S.HI/c1-16-14(17-9-11-5-4-8-18(11)2)19(3)10-12-6-7-13(15)20-12;/h4-8H,9-10H2,1-3H3,(H,16,17);1H. The molecule has 0 fully saturated rings. The van der Waals surface area contributed by atoms with Gasteiger partial charge in [0, 0.05) is 37.9 Å². The Balaban J connectivity index is 0.00000220. The molecule has 2 rings (SSSR count). The van der Waals surface area contributed by atoms with Gasteiger partial charge in [0.25, 0.3) is 0 Å². The third kappa shape index (κ3) is 5.30. The summed E-state index contributed by atoms with van der Waals surface area (Å²) >= 11 is 5.24. The normalized spacial score (nSPS) is 11.1. The fourth-order valence-electron chi connectivity index (χ4n) is 1.98. The first kappa shape index (κ1) is 18.5. The monoisotopic (exact) mass is 482 g/mol. The Morgan fingerprint density at radius 1 is 1.43 bits per heavy atom. The Morgan fingerprint density at radius 2 is 2.19 bits per heavy atom. The first-order chi connectivity index (χ1) is 9.60. The summed E-state index contributed by atoms with van der Waals surface area (Å²) < 4.78 is 3.27. The largest absolute Gasteiger partial charge is 0.353 e. The van der Waals surface area contributed by atoms with Gasteiger partial charge in [-0.1, -0.05) is 0 Å². The van der Waals surface area contributed by atoms with Crippen molar-refractivity contribution in [2.45, 2.75) is 13.1 Å². The van der Waals surface area contributed by atoms with Crippen molar-refractivity contribution < 1.29 is 0 Å². The third-order valence-electron chi connectivity index (χ3n) is 3.07. The summed E-state index contributed by atoms with van der Waals surface area (Å²) in [6, 6.07) is 8.37. The number of nitrogens with zero attached hydrogens (tertiary/aromatic N) is 3. The highest BCUT2D eigenvalue weighted by Gasteiger charge is 2.08. The Labute approximate surface area is 155 Å². The Morgan fingerprint density at radius 3 is 2.71 bits per heavy atom. The van der Waals surface area contributed by atoms with Crippen LogP contribution in [0.3, 0.4) is 0 Å². The van der Waals surface area contributed by atoms with Crippen LogP contribution in [-0.4, -0.2) is 29.5 Å². The van der Waals surface area contributed by atoms with E-state index in [-0.39, 0.29) is 24.0 Å². The molecule has 0 amide bonds. The second-order valence-electron chi connectivity index (χ2n) is 4.57. The van der Waals surface area contributed by atoms with Crippen molar-refractivity contribution in [1.82, 2.24) is 14.8 Å². The number of rotatable bonds is 4. The highest BCUT2D eigenvalue weighted by atomic mass is 127. The molecule has 0 saturated heterocycles. The molecule has 21 heavy (non-hydrogen) atoms. The molecule has 0 radical (unpaired) electrons. The van der Waals surface area contributed by atoms with Gasteiger partial charge in [0.05, 0.1) is 16.9 Å². The molecule has 1 N–H and O–H groups in total. The molecule has 0 atom stereocenters. The van der Waals surface area contributed by atoms with Crippen LogP contribution in [0, 0.1) is 0 Å². The van der Waals surface area contributed by atoms with Crippen LogP contribution in [0.4, 0.5) is 0 Å². The van der Waals surface area contributed by atoms with Crippen molar-refractivity contribution in [1.29, 1.82) is 0 Å². The number of thiophene rings is 1. The summed E-state index contributed by atoms with van der Waals surface area (Å²) in [6.45, 7) is 1.62. The summed E-state index contributed by atoms with van der Waals surface area (Å²) in [5.74, 6) is 0.899. The van der Waals surface area contributed by atoms with Crippen LogP contribution in [0.1, 0.15) is 10.6 Å². The van der Waals surface area contributed by atoms with Crippen molar-refractivity contribution in [3.63, 3.8) is 0 Å². The topological polar surface area (TPSA) is 32.6 Å². The lowest BCUT2D eigenvalue weighted by atomic mass is 10.4. The number of aromatic nitrogens is 1. The van der Waals surface area contributed by atoms with Crippen molar-refractivity contribution >= 4 is 57.2 Å². The zero-order chi connectivity index (χ0) is 14.5. The van der Waals surface area contributed by atoms with E-state index in [0.29, 0.717) is 0 Å². The molecule has 0 bridgehead atoms. The number of aliphatic imine (C=N–C) groups is 1. The second kappa shape index (κ2) is 8.79. The van der Waals surface area contributed by atoms with Gasteiger partial charge < -0.3 is 14.8 Å². The second-order valence-corrected chi connectivity index (χ2v) is 7.12. The number of guanidine groups is 1. The summed E-state index contributed by atoms with van der Waals surface area (Å²) in [4.78, 5) is 7.77. The van der Waals surface area contributed by atoms with E-state index in [2.05, 4.69) is 53.9 Å². The molecule has 0 aliphatic heterocycles. The molecule has 0 unspecified atom stereocenters. The molecule has 0 saturated carbocycles. The smallest absolute Gasteiger partial charge is 0.194 e. The minimum atomic E-state index is 0. The molecule has 2 aromatic rings. The molecule has 4 nitrogen and oxygen atoms in total. The molecule has 2 heterocycles. The molecule has 7 heteroatoms. The number of hydrogen-bond donors (Lipinski definition) is 1. The summed E-state index contributed by atoms with van der Waals surface area (Å²) in [5.41, 5.74) is 1.23. The molecule has 0 aromatic carbocycles. The van der Waals surface area contributed by atoms with Gasteiger partial charge in [-0.05, 0) is 40.2 Å². The van der Waals surface area contributed by atoms with Gasteiger partial charge in [0.2, 0.25) is 0 Å². The van der Waals surface area contributed by atoms with Gasteiger partial charge in [-0.15, -0.1) is 35.3 Å². The van der Waals surface area contributed by atoms with Gasteiger partial charge in [-0.2, -0.15) is 0 Å². The average Bonchev–Trinajstić information content (AvgIpc) is 3.00. The zero-order valence-electron chi connectivity index (χ0n) is 12.3. The highest BCUT2D eigenvalue weighted by molar-refractivity contribution is 14.0.